The molecule has 2 aromatic carbocycles. The molecule has 0 aliphatic rings. The molecule has 0 atom stereocenters. The molecule has 29 radical (unpaired) electrons. The van der Waals surface area contributed by atoms with Crippen LogP contribution in [0.1, 0.15) is 109 Å². The molecule has 2 rings (SSSR count). The van der Waals surface area contributed by atoms with E-state index in [1.165, 1.54) is 35.1 Å². The van der Waals surface area contributed by atoms with Crippen molar-refractivity contribution in [3.8, 4) is 0 Å². The van der Waals surface area contributed by atoms with Gasteiger partial charge in [-0.1, -0.05) is 12.1 Å². The van der Waals surface area contributed by atoms with Crippen LogP contribution in [0.15, 0.2) is 48.5 Å². The lowest BCUT2D eigenvalue weighted by Crippen LogP contribution is -2.69. The van der Waals surface area contributed by atoms with Gasteiger partial charge in [-0.05, 0) is 120 Å². The first-order valence-electron chi connectivity index (χ1n) is 24.9. The molecule has 14 nitrogen and oxygen atoms in total. The largest absolute Gasteiger partial charge is 0.460 e. The second kappa shape index (κ2) is 35.5. The molecule has 0 bridgehead atoms. The molecule has 2 amide bonds. The van der Waals surface area contributed by atoms with E-state index in [2.05, 4.69) is 0 Å². The van der Waals surface area contributed by atoms with Gasteiger partial charge >= 0.3 is 24.1 Å². The van der Waals surface area contributed by atoms with Gasteiger partial charge in [0.05, 0.1) is 10.6 Å². The zero-order chi connectivity index (χ0) is 60.6. The van der Waals surface area contributed by atoms with E-state index < -0.39 is 97.0 Å². The topological polar surface area (TPSA) is 181 Å². The third kappa shape index (κ3) is 34.5. The van der Waals surface area contributed by atoms with Crippen LogP contribution >= 0.6 is 0 Å². The van der Waals surface area contributed by atoms with Crippen LogP contribution in [0.2, 0.25) is 0 Å². The Morgan fingerprint density at radius 1 is 0.545 bits per heavy atom. The fraction of sp³-hybridized carbons (Fsp3) is 0.579. The summed E-state index contributed by atoms with van der Waals surface area (Å²) in [5.74, 6) is -0.658. The minimum Gasteiger partial charge on any atom is -0.460 e. The molecular formula is C38H58B25N4O10. The fourth-order valence-electron chi connectivity index (χ4n) is 6.61. The first kappa shape index (κ1) is 75.8. The van der Waals surface area contributed by atoms with Gasteiger partial charge in [0, 0.05) is 229 Å². The number of nitrogens with zero attached hydrogens (tertiary/aromatic N) is 3. The number of rotatable bonds is 20. The van der Waals surface area contributed by atoms with Gasteiger partial charge < -0.3 is 24.7 Å². The van der Waals surface area contributed by atoms with Crippen molar-refractivity contribution in [3.63, 3.8) is 0 Å². The van der Waals surface area contributed by atoms with E-state index in [0.29, 0.717) is 36.4 Å². The van der Waals surface area contributed by atoms with Gasteiger partial charge in [-0.2, -0.15) is 0 Å². The number of anilines is 3. The van der Waals surface area contributed by atoms with Crippen LogP contribution in [0, 0.1) is 10.1 Å². The lowest BCUT2D eigenvalue weighted by atomic mass is 8.50. The Bertz CT molecular complexity index is 2080. The molecule has 0 aliphatic heterocycles. The molecular weight excluding hydrogens is 943 g/mol. The van der Waals surface area contributed by atoms with Crippen molar-refractivity contribution in [2.75, 3.05) is 28.6 Å². The summed E-state index contributed by atoms with van der Waals surface area (Å²) < 4.78 is 21.4. The highest BCUT2D eigenvalue weighted by molar-refractivity contribution is 8.07. The minimum absolute atomic E-state index is 0.117. The van der Waals surface area contributed by atoms with Crippen molar-refractivity contribution in [2.45, 2.75) is 131 Å². The number of nitrogens with two attached hydrogens (primary N) is 1. The Labute approximate surface area is 485 Å². The third-order valence-electron chi connectivity index (χ3n) is 9.90. The molecule has 0 fully saturated rings. The van der Waals surface area contributed by atoms with Gasteiger partial charge in [0.25, 0.3) is 5.69 Å². The van der Waals surface area contributed by atoms with E-state index in [1.54, 1.807) is 71.9 Å². The summed E-state index contributed by atoms with van der Waals surface area (Å²) in [5.41, 5.74) is 4.78. The second-order valence-electron chi connectivity index (χ2n) is 22.0. The molecule has 0 saturated carbocycles. The fourth-order valence-corrected chi connectivity index (χ4v) is 6.61. The van der Waals surface area contributed by atoms with Crippen LogP contribution in [0.25, 0.3) is 0 Å². The van der Waals surface area contributed by atoms with Gasteiger partial charge in [-0.25, -0.2) is 9.59 Å². The summed E-state index contributed by atoms with van der Waals surface area (Å²) in [7, 11) is 77.4. The molecule has 0 aromatic heterocycles. The maximum absolute atomic E-state index is 12.6. The molecule has 39 heteroatoms. The maximum atomic E-state index is 12.6. The number of amides is 2. The summed E-state index contributed by atoms with van der Waals surface area (Å²) in [5, 5.41) is 11.0. The zero-order valence-electron chi connectivity index (χ0n) is 47.3. The maximum Gasteiger partial charge on any atom is 0.414 e. The SMILES string of the molecule is CC(C)(C)OC(=O)CCCN(C(=O)OC(C)(C)C)c1cccc(N)c1.CC(C)(C)OC(=O)CCCN(C(=O)OC(C)(C)C)c1cccc([N+](=O)[O-])c1.[B]B([B])B([B])B(B([B])[B])B([B])[B].[B][B]B(B([B])[B])B(B([B])[B])B([B])[B]. The van der Waals surface area contributed by atoms with Crippen molar-refractivity contribution in [1.82, 2.24) is 0 Å². The van der Waals surface area contributed by atoms with Gasteiger partial charge in [-0.15, -0.1) is 0 Å². The predicted molar refractivity (Wildman–Crippen MR) is 345 cm³/mol. The highest BCUT2D eigenvalue weighted by Crippen LogP contribution is 2.25. The average molecular weight is 1000 g/mol. The summed E-state index contributed by atoms with van der Waals surface area (Å²) in [6.45, 7) is 21.9. The van der Waals surface area contributed by atoms with Crippen LogP contribution in [-0.2, 0) is 28.5 Å². The monoisotopic (exact) mass is 1010 g/mol. The number of ether oxygens (including phenoxy) is 4. The van der Waals surface area contributed by atoms with Crippen molar-refractivity contribution in [2.24, 2.45) is 0 Å². The van der Waals surface area contributed by atoms with Crippen LogP contribution in [0.4, 0.5) is 32.3 Å². The number of carbonyl (C=O) groups excluding carboxylic acids is 4. The Morgan fingerprint density at radius 3 is 1.16 bits per heavy atom. The van der Waals surface area contributed by atoms with Gasteiger partial charge in [0.1, 0.15) is 22.4 Å². The van der Waals surface area contributed by atoms with Crippen molar-refractivity contribution in [1.29, 1.82) is 0 Å². The average Bonchev–Trinajstić information content (AvgIpc) is 3.23. The Hall–Kier alpha value is -3.26. The van der Waals surface area contributed by atoms with Gasteiger partial charge in [0.2, 0.25) is 0 Å². The van der Waals surface area contributed by atoms with Crippen molar-refractivity contribution in [3.05, 3.63) is 58.6 Å². The van der Waals surface area contributed by atoms with Crippen LogP contribution < -0.4 is 15.5 Å². The molecule has 0 spiro atoms. The van der Waals surface area contributed by atoms with Crippen LogP contribution in [0.5, 0.6) is 0 Å². The number of nitrogen functional groups attached to an aromatic ring is 1. The van der Waals surface area contributed by atoms with Crippen molar-refractivity contribution < 1.29 is 43.0 Å². The smallest absolute Gasteiger partial charge is 0.414 e. The third-order valence-corrected chi connectivity index (χ3v) is 9.90. The summed E-state index contributed by atoms with van der Waals surface area (Å²) in [6, 6.07) is 12.7. The number of benzene rings is 2. The quantitative estimate of drug-likeness (QED) is 0.0433. The minimum atomic E-state index is -0.723. The van der Waals surface area contributed by atoms with E-state index in [4.69, 9.17) is 133 Å². The zero-order valence-corrected chi connectivity index (χ0v) is 47.3. The highest BCUT2D eigenvalue weighted by Gasteiger charge is 2.33. The lowest BCUT2D eigenvalue weighted by molar-refractivity contribution is -0.384. The number of esters is 2. The van der Waals surface area contributed by atoms with Gasteiger partial charge in [-0.3, -0.25) is 29.5 Å². The van der Waals surface area contributed by atoms with Crippen LogP contribution in [-0.4, -0.2) is 244 Å². The van der Waals surface area contributed by atoms with Gasteiger partial charge in [0.15, 0.2) is 0 Å². The van der Waals surface area contributed by atoms with E-state index in [0.717, 1.165) is 0 Å². The Morgan fingerprint density at radius 2 is 0.896 bits per heavy atom. The molecule has 0 saturated heterocycles. The second-order valence-corrected chi connectivity index (χ2v) is 22.0. The van der Waals surface area contributed by atoms with E-state index in [-0.39, 0.29) is 43.4 Å². The summed E-state index contributed by atoms with van der Waals surface area (Å²) >= 11 is 0. The first-order chi connectivity index (χ1) is 34.9. The molecule has 0 aliphatic carbocycles. The number of carbonyl (C=O) groups is 4. The van der Waals surface area contributed by atoms with E-state index >= 15 is 0 Å². The Balaban J connectivity index is 0. The van der Waals surface area contributed by atoms with E-state index in [9.17, 15) is 29.3 Å². The first-order valence-corrected chi connectivity index (χ1v) is 24.9. The number of nitro groups is 1. The van der Waals surface area contributed by atoms with Crippen LogP contribution in [0.3, 0.4) is 0 Å². The molecule has 2 N–H and O–H groups in total. The number of non-ortho nitro benzene ring substituents is 1. The molecule has 0 unspecified atom stereocenters. The molecule has 365 valence electrons. The number of hydrogen-bond acceptors (Lipinski definition) is 11. The predicted octanol–water partition coefficient (Wildman–Crippen LogP) is -0.930. The lowest BCUT2D eigenvalue weighted by Gasteiger charge is -2.31. The normalized spacial score (nSPS) is 10.7. The molecule has 2 aromatic rings. The number of hydrogen-bond donors (Lipinski definition) is 1. The summed E-state index contributed by atoms with van der Waals surface area (Å²) in [4.78, 5) is 62.1. The van der Waals surface area contributed by atoms with Crippen molar-refractivity contribution >= 4 is 226 Å². The van der Waals surface area contributed by atoms with E-state index in [1.807, 2.05) is 41.5 Å². The summed E-state index contributed by atoms with van der Waals surface area (Å²) in [6.07, 6.45) is -6.07. The Kier molecular flexibility index (Phi) is 34.9. The number of nitro benzene ring substituents is 1. The molecule has 77 heavy (non-hydrogen) atoms. The molecule has 0 heterocycles. The highest BCUT2D eigenvalue weighted by atomic mass is 16.6. The standard InChI is InChI=1S/C19H28N2O6.C19H30N2O4.B13.B12/c1-18(2,3)26-16(22)11-8-12-20(17(23)27-19(4,5)6)14-9-7-10-15(13-14)21(24)25;1-18(2,3)24-16(22)11-8-12-21(17(23)25-19(4,5)6)15-10-7-9-14(20)13-15;1-8-12(9(2)3)13(10(4)5)11(6)7;1-8(2)11(7)12(9(3)4)10(5)6/h7,9-10,13H,8,11-12H2,1-6H3;7,9-10,13H,8,11-12,20H2,1-6H3;;.